The summed E-state index contributed by atoms with van der Waals surface area (Å²) in [4.78, 5) is 21.9. The van der Waals surface area contributed by atoms with Crippen LogP contribution < -0.4 is 4.74 Å². The number of rotatable bonds is 6. The number of amides is 1. The highest BCUT2D eigenvalue weighted by Gasteiger charge is 2.31. The van der Waals surface area contributed by atoms with Crippen molar-refractivity contribution in [3.63, 3.8) is 0 Å². The monoisotopic (exact) mass is 411 g/mol. The van der Waals surface area contributed by atoms with E-state index in [1.54, 1.807) is 12.1 Å². The Morgan fingerprint density at radius 3 is 2.60 bits per heavy atom. The number of ether oxygens (including phenoxy) is 1. The molecule has 2 aromatic rings. The van der Waals surface area contributed by atoms with E-state index in [0.29, 0.717) is 24.3 Å². The summed E-state index contributed by atoms with van der Waals surface area (Å²) in [6.07, 6.45) is 7.84. The van der Waals surface area contributed by atoms with E-state index in [-0.39, 0.29) is 18.3 Å². The maximum absolute atomic E-state index is 13.1. The van der Waals surface area contributed by atoms with E-state index in [9.17, 15) is 9.18 Å². The van der Waals surface area contributed by atoms with Gasteiger partial charge in [-0.25, -0.2) is 4.39 Å². The fraction of sp³-hybridized carbons (Fsp3) is 0.500. The van der Waals surface area contributed by atoms with E-state index >= 15 is 0 Å². The zero-order chi connectivity index (χ0) is 20.8. The molecular weight excluding hydrogens is 381 g/mol. The summed E-state index contributed by atoms with van der Waals surface area (Å²) in [5.41, 5.74) is 1.07. The van der Waals surface area contributed by atoms with Crippen LogP contribution >= 0.6 is 0 Å². The Hall–Kier alpha value is -2.47. The Bertz CT molecular complexity index is 809. The SMILES string of the molecule is O=C(COc1ccc(F)cc1)N1CCN(C2CCCC2)C[C@@H](Cc2ccccn2)C1. The molecule has 1 aromatic carbocycles. The lowest BCUT2D eigenvalue weighted by atomic mass is 10.0. The number of carbonyl (C=O) groups is 1. The van der Waals surface area contributed by atoms with Crippen LogP contribution in [0.15, 0.2) is 48.7 Å². The molecule has 1 saturated carbocycles. The van der Waals surface area contributed by atoms with E-state index in [0.717, 1.165) is 31.7 Å². The first kappa shape index (κ1) is 20.8. The Balaban J connectivity index is 1.41. The van der Waals surface area contributed by atoms with Gasteiger partial charge in [0.25, 0.3) is 5.91 Å². The largest absolute Gasteiger partial charge is 0.484 e. The van der Waals surface area contributed by atoms with Crippen LogP contribution in [0.25, 0.3) is 0 Å². The van der Waals surface area contributed by atoms with Gasteiger partial charge in [-0.2, -0.15) is 0 Å². The van der Waals surface area contributed by atoms with Gasteiger partial charge >= 0.3 is 0 Å². The summed E-state index contributed by atoms with van der Waals surface area (Å²) in [5.74, 6) is 0.527. The van der Waals surface area contributed by atoms with Crippen molar-refractivity contribution in [3.8, 4) is 5.75 Å². The van der Waals surface area contributed by atoms with Crippen molar-refractivity contribution < 1.29 is 13.9 Å². The maximum Gasteiger partial charge on any atom is 0.260 e. The number of aromatic nitrogens is 1. The highest BCUT2D eigenvalue weighted by Crippen LogP contribution is 2.26. The predicted molar refractivity (Wildman–Crippen MR) is 114 cm³/mol. The lowest BCUT2D eigenvalue weighted by molar-refractivity contribution is -0.133. The van der Waals surface area contributed by atoms with E-state index in [1.807, 2.05) is 23.2 Å². The van der Waals surface area contributed by atoms with Crippen molar-refractivity contribution in [1.29, 1.82) is 0 Å². The van der Waals surface area contributed by atoms with Gasteiger partial charge in [-0.15, -0.1) is 0 Å². The van der Waals surface area contributed by atoms with Crippen LogP contribution in [0.2, 0.25) is 0 Å². The zero-order valence-electron chi connectivity index (χ0n) is 17.4. The normalized spacial score (nSPS) is 20.8. The third-order valence-electron chi connectivity index (χ3n) is 6.22. The molecule has 30 heavy (non-hydrogen) atoms. The smallest absolute Gasteiger partial charge is 0.260 e. The highest BCUT2D eigenvalue weighted by molar-refractivity contribution is 5.77. The van der Waals surface area contributed by atoms with Crippen LogP contribution in [-0.2, 0) is 11.2 Å². The van der Waals surface area contributed by atoms with Gasteiger partial charge in [0.05, 0.1) is 0 Å². The van der Waals surface area contributed by atoms with Gasteiger partial charge in [0.1, 0.15) is 11.6 Å². The number of benzene rings is 1. The van der Waals surface area contributed by atoms with Gasteiger partial charge in [0.15, 0.2) is 6.61 Å². The van der Waals surface area contributed by atoms with Gasteiger partial charge in [0.2, 0.25) is 0 Å². The molecule has 1 aliphatic heterocycles. The molecule has 2 fully saturated rings. The van der Waals surface area contributed by atoms with E-state index in [1.165, 1.54) is 37.8 Å². The third-order valence-corrected chi connectivity index (χ3v) is 6.22. The molecular formula is C24H30FN3O2. The second kappa shape index (κ2) is 10.0. The molecule has 1 amide bonds. The Morgan fingerprint density at radius 2 is 1.87 bits per heavy atom. The lowest BCUT2D eigenvalue weighted by Crippen LogP contribution is -2.40. The number of halogens is 1. The second-order valence-corrected chi connectivity index (χ2v) is 8.41. The number of hydrogen-bond donors (Lipinski definition) is 0. The van der Waals surface area contributed by atoms with Crippen molar-refractivity contribution in [3.05, 3.63) is 60.2 Å². The van der Waals surface area contributed by atoms with Crippen LogP contribution in [0.3, 0.4) is 0 Å². The Kier molecular flexibility index (Phi) is 6.95. The van der Waals surface area contributed by atoms with E-state index in [2.05, 4.69) is 16.0 Å². The predicted octanol–water partition coefficient (Wildman–Crippen LogP) is 3.55. The summed E-state index contributed by atoms with van der Waals surface area (Å²) in [6, 6.07) is 12.4. The lowest BCUT2D eigenvalue weighted by Gasteiger charge is -2.29. The van der Waals surface area contributed by atoms with Crippen LogP contribution in [0.5, 0.6) is 5.75 Å². The molecule has 5 nitrogen and oxygen atoms in total. The molecule has 1 aromatic heterocycles. The summed E-state index contributed by atoms with van der Waals surface area (Å²) in [6.45, 7) is 3.33. The molecule has 0 radical (unpaired) electrons. The van der Waals surface area contributed by atoms with E-state index in [4.69, 9.17) is 4.74 Å². The highest BCUT2D eigenvalue weighted by atomic mass is 19.1. The molecule has 1 saturated heterocycles. The van der Waals surface area contributed by atoms with Gasteiger partial charge in [-0.3, -0.25) is 14.7 Å². The Labute approximate surface area is 177 Å². The molecule has 2 aliphatic rings. The molecule has 6 heteroatoms. The molecule has 4 rings (SSSR count). The first-order valence-corrected chi connectivity index (χ1v) is 11.0. The molecule has 0 unspecified atom stereocenters. The van der Waals surface area contributed by atoms with Gasteiger partial charge < -0.3 is 9.64 Å². The fourth-order valence-electron chi connectivity index (χ4n) is 4.67. The molecule has 1 aliphatic carbocycles. The van der Waals surface area contributed by atoms with Crippen LogP contribution in [0.4, 0.5) is 4.39 Å². The third kappa shape index (κ3) is 5.57. The summed E-state index contributed by atoms with van der Waals surface area (Å²) >= 11 is 0. The van der Waals surface area contributed by atoms with Crippen LogP contribution in [0.1, 0.15) is 31.4 Å². The first-order valence-electron chi connectivity index (χ1n) is 11.0. The minimum atomic E-state index is -0.314. The molecule has 1 atom stereocenters. The van der Waals surface area contributed by atoms with Crippen LogP contribution in [0, 0.1) is 11.7 Å². The van der Waals surface area contributed by atoms with Crippen molar-refractivity contribution in [1.82, 2.24) is 14.8 Å². The molecule has 0 spiro atoms. The minimum Gasteiger partial charge on any atom is -0.484 e. The minimum absolute atomic E-state index is 0.0152. The van der Waals surface area contributed by atoms with Crippen molar-refractivity contribution in [2.75, 3.05) is 32.8 Å². The number of carbonyl (C=O) groups excluding carboxylic acids is 1. The van der Waals surface area contributed by atoms with Gasteiger partial charge in [-0.1, -0.05) is 18.9 Å². The standard InChI is InChI=1S/C24H30FN3O2/c25-20-8-10-23(11-9-20)30-18-24(29)28-14-13-27(22-6-1-2-7-22)16-19(17-28)15-21-5-3-4-12-26-21/h3-5,8-12,19,22H,1-2,6-7,13-18H2/t19-/m1/s1. The number of pyridine rings is 1. The number of hydrogen-bond acceptors (Lipinski definition) is 4. The topological polar surface area (TPSA) is 45.7 Å². The molecule has 0 N–H and O–H groups in total. The summed E-state index contributed by atoms with van der Waals surface area (Å²) in [7, 11) is 0. The first-order chi connectivity index (χ1) is 14.7. The summed E-state index contributed by atoms with van der Waals surface area (Å²) in [5, 5.41) is 0. The fourth-order valence-corrected chi connectivity index (χ4v) is 4.67. The quantitative estimate of drug-likeness (QED) is 0.729. The Morgan fingerprint density at radius 1 is 1.07 bits per heavy atom. The van der Waals surface area contributed by atoms with Gasteiger partial charge in [-0.05, 0) is 61.6 Å². The summed E-state index contributed by atoms with van der Waals surface area (Å²) < 4.78 is 18.7. The van der Waals surface area contributed by atoms with Crippen LogP contribution in [-0.4, -0.2) is 59.5 Å². The van der Waals surface area contributed by atoms with Crippen molar-refractivity contribution in [2.45, 2.75) is 38.1 Å². The van der Waals surface area contributed by atoms with Crippen molar-refractivity contribution >= 4 is 5.91 Å². The zero-order valence-corrected chi connectivity index (χ0v) is 17.4. The van der Waals surface area contributed by atoms with Gasteiger partial charge in [0, 0.05) is 44.1 Å². The molecule has 0 bridgehead atoms. The van der Waals surface area contributed by atoms with E-state index < -0.39 is 0 Å². The van der Waals surface area contributed by atoms with Crippen molar-refractivity contribution in [2.24, 2.45) is 5.92 Å². The maximum atomic E-state index is 13.1. The molecule has 160 valence electrons. The average molecular weight is 412 g/mol. The number of nitrogens with zero attached hydrogens (tertiary/aromatic N) is 3. The molecule has 2 heterocycles. The average Bonchev–Trinajstić information content (AvgIpc) is 3.22. The second-order valence-electron chi connectivity index (χ2n) is 8.41.